The molecule has 1 aromatic rings. The van der Waals surface area contributed by atoms with Crippen molar-refractivity contribution in [1.82, 2.24) is 10.6 Å². The van der Waals surface area contributed by atoms with Crippen molar-refractivity contribution in [3.8, 4) is 0 Å². The van der Waals surface area contributed by atoms with Crippen LogP contribution in [0.15, 0.2) is 18.2 Å². The minimum atomic E-state index is -0.0821. The Labute approximate surface area is 124 Å². The van der Waals surface area contributed by atoms with Gasteiger partial charge in [-0.3, -0.25) is 4.79 Å². The average molecular weight is 303 g/mol. The topological polar surface area (TPSA) is 41.1 Å². The number of benzene rings is 1. The van der Waals surface area contributed by atoms with Crippen LogP contribution >= 0.6 is 23.2 Å². The van der Waals surface area contributed by atoms with Crippen LogP contribution in [0, 0.1) is 0 Å². The molecule has 0 aromatic heterocycles. The van der Waals surface area contributed by atoms with Gasteiger partial charge in [-0.2, -0.15) is 0 Å². The lowest BCUT2D eigenvalue weighted by Crippen LogP contribution is -2.31. The van der Waals surface area contributed by atoms with E-state index in [9.17, 15) is 4.79 Å². The van der Waals surface area contributed by atoms with Gasteiger partial charge in [0, 0.05) is 19.0 Å². The first-order valence-corrected chi connectivity index (χ1v) is 7.13. The van der Waals surface area contributed by atoms with Crippen molar-refractivity contribution < 1.29 is 4.79 Å². The maximum Gasteiger partial charge on any atom is 0.221 e. The second kappa shape index (κ2) is 7.73. The number of hydrogen-bond acceptors (Lipinski definition) is 2. The van der Waals surface area contributed by atoms with Gasteiger partial charge in [0.1, 0.15) is 0 Å². The fourth-order valence-electron chi connectivity index (χ4n) is 1.65. The molecule has 0 fully saturated rings. The molecule has 0 aliphatic rings. The first-order chi connectivity index (χ1) is 8.90. The Kier molecular flexibility index (Phi) is 6.63. The molecule has 19 heavy (non-hydrogen) atoms. The summed E-state index contributed by atoms with van der Waals surface area (Å²) >= 11 is 11.8. The third-order valence-electron chi connectivity index (χ3n) is 2.73. The third kappa shape index (κ3) is 5.81. The number of amides is 1. The highest BCUT2D eigenvalue weighted by Crippen LogP contribution is 2.25. The number of hydrogen-bond donors (Lipinski definition) is 2. The molecule has 1 atom stereocenters. The Bertz CT molecular complexity index is 435. The number of carbonyl (C=O) groups is 1. The molecule has 106 valence electrons. The van der Waals surface area contributed by atoms with Gasteiger partial charge in [-0.15, -0.1) is 0 Å². The van der Waals surface area contributed by atoms with E-state index in [0.29, 0.717) is 29.1 Å². The van der Waals surface area contributed by atoms with E-state index in [0.717, 1.165) is 5.56 Å². The predicted molar refractivity (Wildman–Crippen MR) is 80.8 cm³/mol. The summed E-state index contributed by atoms with van der Waals surface area (Å²) in [6, 6.07) is 5.69. The van der Waals surface area contributed by atoms with Crippen molar-refractivity contribution >= 4 is 29.1 Å². The summed E-state index contributed by atoms with van der Waals surface area (Å²) < 4.78 is 0. The van der Waals surface area contributed by atoms with Crippen LogP contribution in [0.1, 0.15) is 38.8 Å². The van der Waals surface area contributed by atoms with Crippen molar-refractivity contribution in [2.45, 2.75) is 39.3 Å². The molecular formula is C14H20Cl2N2O. The molecule has 1 rings (SSSR count). The van der Waals surface area contributed by atoms with E-state index in [4.69, 9.17) is 23.2 Å². The van der Waals surface area contributed by atoms with Gasteiger partial charge in [0.05, 0.1) is 16.1 Å². The SMILES string of the molecule is CC(C)NCCC(=O)NC(C)c1ccc(Cl)c(Cl)c1. The van der Waals surface area contributed by atoms with E-state index < -0.39 is 0 Å². The molecule has 0 bridgehead atoms. The number of rotatable bonds is 6. The summed E-state index contributed by atoms with van der Waals surface area (Å²) in [4.78, 5) is 11.7. The first kappa shape index (κ1) is 16.3. The highest BCUT2D eigenvalue weighted by Gasteiger charge is 2.10. The van der Waals surface area contributed by atoms with Crippen molar-refractivity contribution in [2.75, 3.05) is 6.54 Å². The second-order valence-corrected chi connectivity index (χ2v) is 5.64. The van der Waals surface area contributed by atoms with Crippen LogP contribution < -0.4 is 10.6 Å². The molecule has 0 aliphatic carbocycles. The zero-order valence-electron chi connectivity index (χ0n) is 11.5. The third-order valence-corrected chi connectivity index (χ3v) is 3.46. The van der Waals surface area contributed by atoms with Gasteiger partial charge in [0.25, 0.3) is 0 Å². The van der Waals surface area contributed by atoms with Crippen LogP contribution in [0.2, 0.25) is 10.0 Å². The normalized spacial score (nSPS) is 12.5. The van der Waals surface area contributed by atoms with E-state index in [-0.39, 0.29) is 11.9 Å². The largest absolute Gasteiger partial charge is 0.350 e. The van der Waals surface area contributed by atoms with E-state index in [2.05, 4.69) is 24.5 Å². The van der Waals surface area contributed by atoms with Gasteiger partial charge >= 0.3 is 0 Å². The predicted octanol–water partition coefficient (Wildman–Crippen LogP) is 3.56. The molecule has 3 nitrogen and oxygen atoms in total. The summed E-state index contributed by atoms with van der Waals surface area (Å²) in [5.74, 6) is 0.0201. The molecule has 0 heterocycles. The standard InChI is InChI=1S/C14H20Cl2N2O/c1-9(2)17-7-6-14(19)18-10(3)11-4-5-12(15)13(16)8-11/h4-5,8-10,17H,6-7H2,1-3H3,(H,18,19). The van der Waals surface area contributed by atoms with Crippen molar-refractivity contribution in [3.63, 3.8) is 0 Å². The molecule has 1 unspecified atom stereocenters. The molecule has 0 saturated heterocycles. The van der Waals surface area contributed by atoms with Crippen LogP contribution in [0.4, 0.5) is 0 Å². The van der Waals surface area contributed by atoms with Gasteiger partial charge in [-0.05, 0) is 24.6 Å². The summed E-state index contributed by atoms with van der Waals surface area (Å²) in [6.07, 6.45) is 0.462. The van der Waals surface area contributed by atoms with Crippen LogP contribution in [0.25, 0.3) is 0 Å². The molecule has 0 saturated carbocycles. The fourth-order valence-corrected chi connectivity index (χ4v) is 1.96. The molecule has 5 heteroatoms. The molecule has 2 N–H and O–H groups in total. The molecule has 1 aromatic carbocycles. The second-order valence-electron chi connectivity index (χ2n) is 4.82. The lowest BCUT2D eigenvalue weighted by atomic mass is 10.1. The summed E-state index contributed by atoms with van der Waals surface area (Å²) in [7, 11) is 0. The first-order valence-electron chi connectivity index (χ1n) is 6.38. The molecule has 0 radical (unpaired) electrons. The molecule has 0 aliphatic heterocycles. The fraction of sp³-hybridized carbons (Fsp3) is 0.500. The van der Waals surface area contributed by atoms with Crippen molar-refractivity contribution in [2.24, 2.45) is 0 Å². The molecule has 0 spiro atoms. The van der Waals surface area contributed by atoms with Crippen LogP contribution in [-0.4, -0.2) is 18.5 Å². The maximum atomic E-state index is 11.7. The Morgan fingerprint density at radius 2 is 1.89 bits per heavy atom. The van der Waals surface area contributed by atoms with Gasteiger partial charge in [-0.25, -0.2) is 0 Å². The summed E-state index contributed by atoms with van der Waals surface area (Å²) in [5.41, 5.74) is 0.944. The Balaban J connectivity index is 2.47. The maximum absolute atomic E-state index is 11.7. The minimum Gasteiger partial charge on any atom is -0.350 e. The summed E-state index contributed by atoms with van der Waals surface area (Å²) in [6.45, 7) is 6.71. The van der Waals surface area contributed by atoms with E-state index in [1.165, 1.54) is 0 Å². The number of nitrogens with one attached hydrogen (secondary N) is 2. The molecular weight excluding hydrogens is 283 g/mol. The lowest BCUT2D eigenvalue weighted by molar-refractivity contribution is -0.121. The Morgan fingerprint density at radius 1 is 1.21 bits per heavy atom. The highest BCUT2D eigenvalue weighted by molar-refractivity contribution is 6.42. The smallest absolute Gasteiger partial charge is 0.221 e. The van der Waals surface area contributed by atoms with E-state index in [1.54, 1.807) is 12.1 Å². The van der Waals surface area contributed by atoms with Crippen molar-refractivity contribution in [3.05, 3.63) is 33.8 Å². The zero-order valence-corrected chi connectivity index (χ0v) is 13.0. The summed E-state index contributed by atoms with van der Waals surface area (Å²) in [5, 5.41) is 7.16. The molecule has 1 amide bonds. The van der Waals surface area contributed by atoms with E-state index >= 15 is 0 Å². The van der Waals surface area contributed by atoms with Gasteiger partial charge < -0.3 is 10.6 Å². The highest BCUT2D eigenvalue weighted by atomic mass is 35.5. The average Bonchev–Trinajstić information content (AvgIpc) is 2.32. The van der Waals surface area contributed by atoms with Gasteiger partial charge in [-0.1, -0.05) is 43.1 Å². The van der Waals surface area contributed by atoms with Crippen LogP contribution in [-0.2, 0) is 4.79 Å². The quantitative estimate of drug-likeness (QED) is 0.843. The van der Waals surface area contributed by atoms with Gasteiger partial charge in [0.15, 0.2) is 0 Å². The number of carbonyl (C=O) groups excluding carboxylic acids is 1. The zero-order chi connectivity index (χ0) is 14.4. The van der Waals surface area contributed by atoms with Crippen LogP contribution in [0.3, 0.4) is 0 Å². The Morgan fingerprint density at radius 3 is 2.47 bits per heavy atom. The lowest BCUT2D eigenvalue weighted by Gasteiger charge is -2.15. The van der Waals surface area contributed by atoms with Gasteiger partial charge in [0.2, 0.25) is 5.91 Å². The monoisotopic (exact) mass is 302 g/mol. The minimum absolute atomic E-state index is 0.0201. The Hall–Kier alpha value is -0.770. The van der Waals surface area contributed by atoms with Crippen LogP contribution in [0.5, 0.6) is 0 Å². The van der Waals surface area contributed by atoms with E-state index in [1.807, 2.05) is 13.0 Å². The van der Waals surface area contributed by atoms with Crippen molar-refractivity contribution in [1.29, 1.82) is 0 Å². The number of halogens is 2.